The van der Waals surface area contributed by atoms with Crippen LogP contribution in [0.2, 0.25) is 5.02 Å². The molecule has 0 saturated carbocycles. The predicted molar refractivity (Wildman–Crippen MR) is 85.5 cm³/mol. The second-order valence-electron chi connectivity index (χ2n) is 5.43. The summed E-state index contributed by atoms with van der Waals surface area (Å²) in [6, 6.07) is 10.1. The van der Waals surface area contributed by atoms with Crippen molar-refractivity contribution in [3.8, 4) is 0 Å². The van der Waals surface area contributed by atoms with Crippen LogP contribution in [0.1, 0.15) is 24.4 Å². The first-order chi connectivity index (χ1) is 11.1. The van der Waals surface area contributed by atoms with Crippen LogP contribution < -0.4 is 5.32 Å². The molecule has 3 nitrogen and oxygen atoms in total. The molecule has 0 aliphatic carbocycles. The summed E-state index contributed by atoms with van der Waals surface area (Å²) < 4.78 is 27.4. The molecule has 1 fully saturated rings. The molecule has 2 aromatic carbocycles. The predicted octanol–water partition coefficient (Wildman–Crippen LogP) is 4.99. The van der Waals surface area contributed by atoms with Crippen LogP contribution in [0, 0.1) is 11.6 Å². The maximum absolute atomic E-state index is 13.7. The van der Waals surface area contributed by atoms with Gasteiger partial charge in [-0.1, -0.05) is 29.8 Å². The first-order valence-electron chi connectivity index (χ1n) is 7.33. The lowest BCUT2D eigenvalue weighted by molar-refractivity contribution is 0.207. The van der Waals surface area contributed by atoms with Gasteiger partial charge in [0.05, 0.1) is 6.04 Å². The maximum atomic E-state index is 13.7. The van der Waals surface area contributed by atoms with Crippen molar-refractivity contribution in [2.45, 2.75) is 18.9 Å². The number of urea groups is 1. The van der Waals surface area contributed by atoms with E-state index in [9.17, 15) is 13.6 Å². The van der Waals surface area contributed by atoms with Crippen LogP contribution in [-0.4, -0.2) is 17.5 Å². The van der Waals surface area contributed by atoms with Crippen LogP contribution in [-0.2, 0) is 0 Å². The van der Waals surface area contributed by atoms with Crippen LogP contribution in [0.15, 0.2) is 42.5 Å². The minimum Gasteiger partial charge on any atom is -0.317 e. The van der Waals surface area contributed by atoms with E-state index in [2.05, 4.69) is 5.32 Å². The molecule has 2 aromatic rings. The summed E-state index contributed by atoms with van der Waals surface area (Å²) in [6.07, 6.45) is 1.61. The molecule has 1 unspecified atom stereocenters. The fourth-order valence-corrected chi connectivity index (χ4v) is 3.06. The highest BCUT2D eigenvalue weighted by atomic mass is 35.5. The van der Waals surface area contributed by atoms with Gasteiger partial charge >= 0.3 is 6.03 Å². The van der Waals surface area contributed by atoms with Crippen molar-refractivity contribution in [2.75, 3.05) is 11.9 Å². The summed E-state index contributed by atoms with van der Waals surface area (Å²) in [5, 5.41) is 2.93. The van der Waals surface area contributed by atoms with Crippen LogP contribution in [0.25, 0.3) is 0 Å². The van der Waals surface area contributed by atoms with E-state index in [-0.39, 0.29) is 6.04 Å². The zero-order valence-electron chi connectivity index (χ0n) is 12.2. The zero-order valence-corrected chi connectivity index (χ0v) is 13.0. The largest absolute Gasteiger partial charge is 0.322 e. The van der Waals surface area contributed by atoms with Crippen molar-refractivity contribution in [2.24, 2.45) is 0 Å². The van der Waals surface area contributed by atoms with E-state index >= 15 is 0 Å². The van der Waals surface area contributed by atoms with E-state index < -0.39 is 23.4 Å². The molecule has 1 atom stereocenters. The van der Waals surface area contributed by atoms with Crippen molar-refractivity contribution in [3.63, 3.8) is 0 Å². The van der Waals surface area contributed by atoms with E-state index in [4.69, 9.17) is 11.6 Å². The highest BCUT2D eigenvalue weighted by Crippen LogP contribution is 2.33. The molecular weight excluding hydrogens is 322 g/mol. The number of carbonyl (C=O) groups is 1. The number of likely N-dealkylation sites (tertiary alicyclic amines) is 1. The molecule has 0 aromatic heterocycles. The Labute approximate surface area is 137 Å². The lowest BCUT2D eigenvalue weighted by Gasteiger charge is -2.25. The molecule has 1 N–H and O–H groups in total. The normalized spacial score (nSPS) is 17.3. The van der Waals surface area contributed by atoms with E-state index in [0.717, 1.165) is 30.5 Å². The molecule has 1 aliphatic rings. The Morgan fingerprint density at radius 1 is 1.17 bits per heavy atom. The van der Waals surface area contributed by atoms with Crippen LogP contribution >= 0.6 is 11.6 Å². The Bertz CT molecular complexity index is 718. The summed E-state index contributed by atoms with van der Waals surface area (Å²) in [4.78, 5) is 14.0. The van der Waals surface area contributed by atoms with E-state index in [1.165, 1.54) is 6.07 Å². The average molecular weight is 337 g/mol. The van der Waals surface area contributed by atoms with Gasteiger partial charge in [-0.25, -0.2) is 13.6 Å². The second-order valence-corrected chi connectivity index (χ2v) is 5.87. The Kier molecular flexibility index (Phi) is 4.48. The van der Waals surface area contributed by atoms with Crippen LogP contribution in [0.3, 0.4) is 0 Å². The minimum atomic E-state index is -0.795. The highest BCUT2D eigenvalue weighted by Gasteiger charge is 2.30. The monoisotopic (exact) mass is 336 g/mol. The van der Waals surface area contributed by atoms with Crippen molar-refractivity contribution in [1.29, 1.82) is 0 Å². The number of rotatable bonds is 2. The van der Waals surface area contributed by atoms with Crippen LogP contribution in [0.4, 0.5) is 19.3 Å². The Hall–Kier alpha value is -2.14. The van der Waals surface area contributed by atoms with Crippen molar-refractivity contribution < 1.29 is 13.6 Å². The molecule has 1 aliphatic heterocycles. The number of hydrogen-bond donors (Lipinski definition) is 1. The van der Waals surface area contributed by atoms with Crippen molar-refractivity contribution in [3.05, 3.63) is 64.7 Å². The molecular formula is C17H15ClF2N2O. The van der Waals surface area contributed by atoms with Gasteiger partial charge in [0.1, 0.15) is 17.3 Å². The summed E-state index contributed by atoms with van der Waals surface area (Å²) in [7, 11) is 0. The van der Waals surface area contributed by atoms with Gasteiger partial charge in [-0.05, 0) is 42.7 Å². The fraction of sp³-hybridized carbons (Fsp3) is 0.235. The number of hydrogen-bond acceptors (Lipinski definition) is 1. The second kappa shape index (κ2) is 6.54. The zero-order chi connectivity index (χ0) is 16.4. The van der Waals surface area contributed by atoms with Crippen LogP contribution in [0.5, 0.6) is 0 Å². The first kappa shape index (κ1) is 15.7. The number of halogens is 3. The average Bonchev–Trinajstić information content (AvgIpc) is 3.00. The highest BCUT2D eigenvalue weighted by molar-refractivity contribution is 6.30. The summed E-state index contributed by atoms with van der Waals surface area (Å²) in [5.74, 6) is -1.59. The molecule has 0 radical (unpaired) electrons. The fourth-order valence-electron chi connectivity index (χ4n) is 2.87. The summed E-state index contributed by atoms with van der Waals surface area (Å²) in [6.45, 7) is 0.527. The molecule has 3 rings (SSSR count). The first-order valence-corrected chi connectivity index (χ1v) is 7.71. The van der Waals surface area contributed by atoms with E-state index in [1.54, 1.807) is 11.0 Å². The molecule has 1 saturated heterocycles. The van der Waals surface area contributed by atoms with Gasteiger partial charge in [-0.2, -0.15) is 0 Å². The van der Waals surface area contributed by atoms with Crippen molar-refractivity contribution in [1.82, 2.24) is 4.90 Å². The number of nitrogens with zero attached hydrogens (tertiary/aromatic N) is 1. The number of anilines is 1. The SMILES string of the molecule is O=C(Nc1c(F)cccc1F)N1CCCC1c1cccc(Cl)c1. The molecule has 0 spiro atoms. The third-order valence-corrected chi connectivity index (χ3v) is 4.18. The summed E-state index contributed by atoms with van der Waals surface area (Å²) in [5.41, 5.74) is 0.494. The number of para-hydroxylation sites is 1. The molecule has 6 heteroatoms. The standard InChI is InChI=1S/C17H15ClF2N2O/c18-12-5-1-4-11(10-12)15-8-3-9-22(15)17(23)21-16-13(19)6-2-7-14(16)20/h1-2,4-7,10,15H,3,8-9H2,(H,21,23). The third-order valence-electron chi connectivity index (χ3n) is 3.94. The molecule has 1 heterocycles. The Balaban J connectivity index is 1.81. The van der Waals surface area contributed by atoms with Gasteiger partial charge in [-0.3, -0.25) is 0 Å². The molecule has 2 amide bonds. The van der Waals surface area contributed by atoms with Gasteiger partial charge in [0.2, 0.25) is 0 Å². The Morgan fingerprint density at radius 3 is 2.57 bits per heavy atom. The summed E-state index contributed by atoms with van der Waals surface area (Å²) >= 11 is 6.00. The van der Waals surface area contributed by atoms with E-state index in [1.807, 2.05) is 18.2 Å². The smallest absolute Gasteiger partial charge is 0.317 e. The number of benzene rings is 2. The van der Waals surface area contributed by atoms with Gasteiger partial charge in [0.15, 0.2) is 0 Å². The lowest BCUT2D eigenvalue weighted by atomic mass is 10.1. The van der Waals surface area contributed by atoms with Gasteiger partial charge in [0, 0.05) is 11.6 Å². The van der Waals surface area contributed by atoms with E-state index in [0.29, 0.717) is 11.6 Å². The number of carbonyl (C=O) groups excluding carboxylic acids is 1. The van der Waals surface area contributed by atoms with Gasteiger partial charge in [-0.15, -0.1) is 0 Å². The van der Waals surface area contributed by atoms with Crippen molar-refractivity contribution >= 4 is 23.3 Å². The topological polar surface area (TPSA) is 32.3 Å². The maximum Gasteiger partial charge on any atom is 0.322 e. The molecule has 23 heavy (non-hydrogen) atoms. The molecule has 120 valence electrons. The Morgan fingerprint density at radius 2 is 1.87 bits per heavy atom. The quantitative estimate of drug-likeness (QED) is 0.823. The van der Waals surface area contributed by atoms with Gasteiger partial charge < -0.3 is 10.2 Å². The third kappa shape index (κ3) is 3.29. The van der Waals surface area contributed by atoms with Gasteiger partial charge in [0.25, 0.3) is 0 Å². The number of nitrogens with one attached hydrogen (secondary N) is 1. The number of amides is 2. The lowest BCUT2D eigenvalue weighted by Crippen LogP contribution is -2.35. The minimum absolute atomic E-state index is 0.150. The molecule has 0 bridgehead atoms.